The molecule has 1 aromatic heterocycles. The van der Waals surface area contributed by atoms with E-state index in [9.17, 15) is 8.42 Å². The molecule has 0 aliphatic heterocycles. The van der Waals surface area contributed by atoms with E-state index in [1.54, 1.807) is 39.2 Å². The summed E-state index contributed by atoms with van der Waals surface area (Å²) in [6.07, 6.45) is 3.03. The lowest BCUT2D eigenvalue weighted by molar-refractivity contribution is 0.601. The summed E-state index contributed by atoms with van der Waals surface area (Å²) in [5.74, 6) is 0. The van der Waals surface area contributed by atoms with Crippen LogP contribution in [0, 0.1) is 13.8 Å². The van der Waals surface area contributed by atoms with Gasteiger partial charge in [-0.15, -0.1) is 0 Å². The zero-order valence-electron chi connectivity index (χ0n) is 11.0. The van der Waals surface area contributed by atoms with Crippen LogP contribution in [0.4, 0.5) is 11.4 Å². The largest absolute Gasteiger partial charge is 0.397 e. The lowest BCUT2D eigenvalue weighted by Gasteiger charge is -2.13. The summed E-state index contributed by atoms with van der Waals surface area (Å²) in [6.45, 7) is 3.49. The number of anilines is 2. The van der Waals surface area contributed by atoms with Gasteiger partial charge in [0.25, 0.3) is 10.0 Å². The standard InChI is InChI=1S/C12H16N4O2S/c1-8-4-5-9(2)12(11(8)13)19(17,18)15-10-6-14-16(3)7-10/h4-7,15H,13H2,1-3H3. The molecule has 7 heteroatoms. The van der Waals surface area contributed by atoms with E-state index in [1.165, 1.54) is 10.9 Å². The van der Waals surface area contributed by atoms with Gasteiger partial charge in [0.15, 0.2) is 0 Å². The topological polar surface area (TPSA) is 90.0 Å². The number of aromatic nitrogens is 2. The minimum Gasteiger partial charge on any atom is -0.397 e. The average Bonchev–Trinajstić information content (AvgIpc) is 2.68. The molecule has 0 radical (unpaired) electrons. The highest BCUT2D eigenvalue weighted by molar-refractivity contribution is 7.93. The molecular weight excluding hydrogens is 264 g/mol. The average molecular weight is 280 g/mol. The first-order valence-electron chi connectivity index (χ1n) is 5.68. The predicted molar refractivity (Wildman–Crippen MR) is 74.3 cm³/mol. The number of nitrogens with zero attached hydrogens (tertiary/aromatic N) is 2. The van der Waals surface area contributed by atoms with E-state index >= 15 is 0 Å². The highest BCUT2D eigenvalue weighted by Crippen LogP contribution is 2.27. The summed E-state index contributed by atoms with van der Waals surface area (Å²) in [6, 6.07) is 3.54. The van der Waals surface area contributed by atoms with Crippen molar-refractivity contribution in [3.05, 3.63) is 35.7 Å². The van der Waals surface area contributed by atoms with Crippen LogP contribution in [0.3, 0.4) is 0 Å². The molecule has 2 aromatic rings. The Hall–Kier alpha value is -2.02. The minimum absolute atomic E-state index is 0.122. The Kier molecular flexibility index (Phi) is 3.23. The summed E-state index contributed by atoms with van der Waals surface area (Å²) >= 11 is 0. The molecule has 0 unspecified atom stereocenters. The molecule has 0 atom stereocenters. The van der Waals surface area contributed by atoms with Crippen LogP contribution in [0.25, 0.3) is 0 Å². The summed E-state index contributed by atoms with van der Waals surface area (Å²) in [7, 11) is -2.00. The summed E-state index contributed by atoms with van der Waals surface area (Å²) in [4.78, 5) is 0.122. The zero-order valence-corrected chi connectivity index (χ0v) is 11.8. The smallest absolute Gasteiger partial charge is 0.264 e. The molecule has 102 valence electrons. The third kappa shape index (κ3) is 2.55. The van der Waals surface area contributed by atoms with Gasteiger partial charge in [0.2, 0.25) is 0 Å². The fourth-order valence-electron chi connectivity index (χ4n) is 1.84. The Bertz CT molecular complexity index is 719. The molecule has 0 spiro atoms. The lowest BCUT2D eigenvalue weighted by Crippen LogP contribution is -2.16. The molecule has 1 heterocycles. The molecule has 19 heavy (non-hydrogen) atoms. The maximum absolute atomic E-state index is 12.4. The number of nitrogens with two attached hydrogens (primary N) is 1. The number of aryl methyl sites for hydroxylation is 3. The van der Waals surface area contributed by atoms with Crippen LogP contribution in [0.1, 0.15) is 11.1 Å². The molecule has 6 nitrogen and oxygen atoms in total. The first-order chi connectivity index (χ1) is 8.81. The number of sulfonamides is 1. The van der Waals surface area contributed by atoms with Gasteiger partial charge in [0.05, 0.1) is 17.6 Å². The first-order valence-corrected chi connectivity index (χ1v) is 7.17. The molecule has 0 saturated carbocycles. The van der Waals surface area contributed by atoms with Crippen molar-refractivity contribution in [1.82, 2.24) is 9.78 Å². The fraction of sp³-hybridized carbons (Fsp3) is 0.250. The predicted octanol–water partition coefficient (Wildman–Crippen LogP) is 1.42. The van der Waals surface area contributed by atoms with Gasteiger partial charge in [0.1, 0.15) is 4.90 Å². The van der Waals surface area contributed by atoms with E-state index in [0.717, 1.165) is 5.56 Å². The van der Waals surface area contributed by atoms with Crippen molar-refractivity contribution < 1.29 is 8.42 Å². The highest BCUT2D eigenvalue weighted by Gasteiger charge is 2.21. The Morgan fingerprint density at radius 3 is 2.47 bits per heavy atom. The van der Waals surface area contributed by atoms with Gasteiger partial charge in [-0.05, 0) is 25.0 Å². The van der Waals surface area contributed by atoms with E-state index < -0.39 is 10.0 Å². The van der Waals surface area contributed by atoms with Crippen LogP contribution in [0.2, 0.25) is 0 Å². The first kappa shape index (κ1) is 13.4. The highest BCUT2D eigenvalue weighted by atomic mass is 32.2. The van der Waals surface area contributed by atoms with Gasteiger partial charge in [-0.2, -0.15) is 5.10 Å². The number of rotatable bonds is 3. The van der Waals surface area contributed by atoms with Crippen molar-refractivity contribution in [3.8, 4) is 0 Å². The van der Waals surface area contributed by atoms with Crippen molar-refractivity contribution >= 4 is 21.4 Å². The van der Waals surface area contributed by atoms with Gasteiger partial charge < -0.3 is 5.73 Å². The second-order valence-corrected chi connectivity index (χ2v) is 6.07. The second kappa shape index (κ2) is 4.58. The molecule has 0 amide bonds. The zero-order chi connectivity index (χ0) is 14.2. The Morgan fingerprint density at radius 2 is 1.89 bits per heavy atom. The number of hydrogen-bond acceptors (Lipinski definition) is 4. The van der Waals surface area contributed by atoms with Gasteiger partial charge in [0, 0.05) is 13.2 Å². The van der Waals surface area contributed by atoms with E-state index in [0.29, 0.717) is 11.3 Å². The van der Waals surface area contributed by atoms with Gasteiger partial charge in [-0.25, -0.2) is 8.42 Å². The van der Waals surface area contributed by atoms with Crippen molar-refractivity contribution in [2.75, 3.05) is 10.5 Å². The van der Waals surface area contributed by atoms with Crippen LogP contribution in [-0.4, -0.2) is 18.2 Å². The molecule has 0 bridgehead atoms. The third-order valence-electron chi connectivity index (χ3n) is 2.84. The number of hydrogen-bond donors (Lipinski definition) is 2. The molecular formula is C12H16N4O2S. The molecule has 2 rings (SSSR count). The number of benzene rings is 1. The summed E-state index contributed by atoms with van der Waals surface area (Å²) in [5.41, 5.74) is 7.91. The number of nitrogens with one attached hydrogen (secondary N) is 1. The molecule has 3 N–H and O–H groups in total. The Balaban J connectivity index is 2.48. The number of nitrogen functional groups attached to an aromatic ring is 1. The van der Waals surface area contributed by atoms with Crippen LogP contribution < -0.4 is 10.5 Å². The molecule has 0 fully saturated rings. The Morgan fingerprint density at radius 1 is 1.26 bits per heavy atom. The van der Waals surface area contributed by atoms with Crippen LogP contribution in [0.15, 0.2) is 29.4 Å². The minimum atomic E-state index is -3.71. The summed E-state index contributed by atoms with van der Waals surface area (Å²) in [5, 5.41) is 3.92. The van der Waals surface area contributed by atoms with Crippen molar-refractivity contribution in [2.45, 2.75) is 18.7 Å². The maximum Gasteiger partial charge on any atom is 0.264 e. The fourth-order valence-corrected chi connectivity index (χ4v) is 3.30. The lowest BCUT2D eigenvalue weighted by atomic mass is 10.1. The molecule has 0 aliphatic rings. The van der Waals surface area contributed by atoms with Crippen molar-refractivity contribution in [3.63, 3.8) is 0 Å². The van der Waals surface area contributed by atoms with Crippen LogP contribution in [0.5, 0.6) is 0 Å². The molecule has 0 aliphatic carbocycles. The Labute approximate surface area is 112 Å². The monoisotopic (exact) mass is 280 g/mol. The van der Waals surface area contributed by atoms with E-state index in [-0.39, 0.29) is 10.6 Å². The van der Waals surface area contributed by atoms with Gasteiger partial charge in [-0.3, -0.25) is 9.40 Å². The summed E-state index contributed by atoms with van der Waals surface area (Å²) < 4.78 is 28.7. The van der Waals surface area contributed by atoms with Crippen LogP contribution in [-0.2, 0) is 17.1 Å². The van der Waals surface area contributed by atoms with Gasteiger partial charge in [-0.1, -0.05) is 12.1 Å². The molecule has 1 aromatic carbocycles. The van der Waals surface area contributed by atoms with E-state index in [2.05, 4.69) is 9.82 Å². The van der Waals surface area contributed by atoms with Crippen LogP contribution >= 0.6 is 0 Å². The van der Waals surface area contributed by atoms with Gasteiger partial charge >= 0.3 is 0 Å². The van der Waals surface area contributed by atoms with E-state index in [1.807, 2.05) is 0 Å². The quantitative estimate of drug-likeness (QED) is 0.832. The van der Waals surface area contributed by atoms with Crippen molar-refractivity contribution in [1.29, 1.82) is 0 Å². The van der Waals surface area contributed by atoms with E-state index in [4.69, 9.17) is 5.73 Å². The second-order valence-electron chi connectivity index (χ2n) is 4.45. The normalized spacial score (nSPS) is 11.5. The third-order valence-corrected chi connectivity index (χ3v) is 4.42. The SMILES string of the molecule is Cc1ccc(C)c(S(=O)(=O)Nc2cnn(C)c2)c1N. The van der Waals surface area contributed by atoms with Crippen molar-refractivity contribution in [2.24, 2.45) is 7.05 Å². The maximum atomic E-state index is 12.4. The molecule has 0 saturated heterocycles.